The summed E-state index contributed by atoms with van der Waals surface area (Å²) in [6.45, 7) is 2.57. The van der Waals surface area contributed by atoms with Gasteiger partial charge in [-0.1, -0.05) is 13.8 Å². The van der Waals surface area contributed by atoms with Gasteiger partial charge in [-0.15, -0.1) is 11.3 Å². The zero-order valence-electron chi connectivity index (χ0n) is 21.1. The minimum absolute atomic E-state index is 0.00992. The van der Waals surface area contributed by atoms with Gasteiger partial charge in [0, 0.05) is 35.4 Å². The van der Waals surface area contributed by atoms with Crippen molar-refractivity contribution in [3.05, 3.63) is 28.5 Å². The Morgan fingerprint density at radius 2 is 1.74 bits per heavy atom. The molecule has 1 saturated carbocycles. The Balaban J connectivity index is 0.00000164. The van der Waals surface area contributed by atoms with Crippen LogP contribution in [0.1, 0.15) is 91.1 Å². The molecule has 38 heavy (non-hydrogen) atoms. The molecule has 2 bridgehead atoms. The molecule has 2 saturated heterocycles. The quantitative estimate of drug-likeness (QED) is 0.395. The first-order valence-corrected chi connectivity index (χ1v) is 13.7. The fraction of sp³-hybridized carbons (Fsp3) is 0.600. The van der Waals surface area contributed by atoms with Crippen LogP contribution >= 0.6 is 11.3 Å². The van der Waals surface area contributed by atoms with Crippen molar-refractivity contribution >= 4 is 29.0 Å². The van der Waals surface area contributed by atoms with Crippen LogP contribution in [0.2, 0.25) is 0 Å². The van der Waals surface area contributed by atoms with Gasteiger partial charge in [0.2, 0.25) is 0 Å². The number of carbonyl (C=O) groups is 2. The Labute approximate surface area is 221 Å². The first kappa shape index (κ1) is 28.2. The second-order valence-corrected chi connectivity index (χ2v) is 10.4. The van der Waals surface area contributed by atoms with Crippen molar-refractivity contribution < 1.29 is 31.5 Å². The predicted octanol–water partition coefficient (Wildman–Crippen LogP) is 6.19. The molecule has 0 spiro atoms. The Morgan fingerprint density at radius 1 is 1.11 bits per heavy atom. The number of anilines is 1. The molecule has 208 valence electrons. The first-order valence-electron chi connectivity index (χ1n) is 12.8. The SMILES string of the molecule is CC.O=C(NC1CCC1)c1nc(C(=O)N2C3CCC2CC3)c(-c2cnc(NCC(F)(F)F)cc2C(F)F)s1. The highest BCUT2D eigenvalue weighted by Gasteiger charge is 2.44. The van der Waals surface area contributed by atoms with E-state index in [4.69, 9.17) is 0 Å². The van der Waals surface area contributed by atoms with E-state index in [0.717, 1.165) is 68.5 Å². The zero-order chi connectivity index (χ0) is 27.6. The molecule has 4 heterocycles. The average molecular weight is 560 g/mol. The molecule has 0 radical (unpaired) electrons. The molecule has 13 heteroatoms. The van der Waals surface area contributed by atoms with Crippen molar-refractivity contribution in [2.24, 2.45) is 0 Å². The summed E-state index contributed by atoms with van der Waals surface area (Å²) in [7, 11) is 0. The van der Waals surface area contributed by atoms with Crippen LogP contribution in [0.5, 0.6) is 0 Å². The van der Waals surface area contributed by atoms with Crippen LogP contribution < -0.4 is 10.6 Å². The van der Waals surface area contributed by atoms with Crippen molar-refractivity contribution in [2.45, 2.75) is 89.5 Å². The Bertz CT molecular complexity index is 1150. The number of nitrogens with one attached hydrogen (secondary N) is 2. The number of hydrogen-bond acceptors (Lipinski definition) is 6. The molecule has 5 rings (SSSR count). The third-order valence-electron chi connectivity index (χ3n) is 7.04. The van der Waals surface area contributed by atoms with Crippen LogP contribution in [0.15, 0.2) is 12.3 Å². The number of thiazole rings is 1. The molecule has 2 aromatic rings. The lowest BCUT2D eigenvalue weighted by Crippen LogP contribution is -2.39. The molecule has 2 N–H and O–H groups in total. The number of fused-ring (bicyclic) bond motifs is 2. The number of pyridine rings is 1. The number of carbonyl (C=O) groups excluding carboxylic acids is 2. The summed E-state index contributed by atoms with van der Waals surface area (Å²) in [6.07, 6.45) is -0.525. The van der Waals surface area contributed by atoms with Crippen LogP contribution in [-0.2, 0) is 0 Å². The highest BCUT2D eigenvalue weighted by atomic mass is 32.1. The fourth-order valence-corrected chi connectivity index (χ4v) is 6.03. The second kappa shape index (κ2) is 11.5. The Kier molecular flexibility index (Phi) is 8.53. The monoisotopic (exact) mass is 559 g/mol. The smallest absolute Gasteiger partial charge is 0.361 e. The summed E-state index contributed by atoms with van der Waals surface area (Å²) in [4.78, 5) is 36.4. The van der Waals surface area contributed by atoms with Crippen LogP contribution in [0.4, 0.5) is 27.8 Å². The molecule has 2 aromatic heterocycles. The van der Waals surface area contributed by atoms with Crippen LogP contribution in [0.3, 0.4) is 0 Å². The largest absolute Gasteiger partial charge is 0.405 e. The minimum atomic E-state index is -4.56. The predicted molar refractivity (Wildman–Crippen MR) is 134 cm³/mol. The molecule has 0 aromatic carbocycles. The van der Waals surface area contributed by atoms with Crippen molar-refractivity contribution in [2.75, 3.05) is 11.9 Å². The molecule has 2 amide bonds. The molecule has 2 aliphatic heterocycles. The molecule has 1 aliphatic carbocycles. The van der Waals surface area contributed by atoms with E-state index in [1.165, 1.54) is 0 Å². The number of hydrogen-bond donors (Lipinski definition) is 2. The van der Waals surface area contributed by atoms with Gasteiger partial charge in [-0.05, 0) is 51.0 Å². The van der Waals surface area contributed by atoms with Gasteiger partial charge in [-0.25, -0.2) is 18.7 Å². The summed E-state index contributed by atoms with van der Waals surface area (Å²) in [5.74, 6) is -1.28. The van der Waals surface area contributed by atoms with E-state index in [1.54, 1.807) is 4.90 Å². The van der Waals surface area contributed by atoms with E-state index < -0.39 is 36.5 Å². The molecule has 3 aliphatic rings. The molecular weight excluding hydrogens is 529 g/mol. The number of nitrogens with zero attached hydrogens (tertiary/aromatic N) is 3. The maximum absolute atomic E-state index is 14.1. The zero-order valence-corrected chi connectivity index (χ0v) is 21.9. The van der Waals surface area contributed by atoms with Gasteiger partial charge in [0.1, 0.15) is 18.1 Å². The maximum Gasteiger partial charge on any atom is 0.405 e. The van der Waals surface area contributed by atoms with Crippen molar-refractivity contribution in [3.8, 4) is 10.4 Å². The molecule has 0 unspecified atom stereocenters. The van der Waals surface area contributed by atoms with Crippen molar-refractivity contribution in [1.29, 1.82) is 0 Å². The third kappa shape index (κ3) is 5.92. The lowest BCUT2D eigenvalue weighted by molar-refractivity contribution is -0.115. The van der Waals surface area contributed by atoms with E-state index in [1.807, 2.05) is 19.2 Å². The normalized spacial score (nSPS) is 20.7. The minimum Gasteiger partial charge on any atom is -0.361 e. The summed E-state index contributed by atoms with van der Waals surface area (Å²) in [5, 5.41) is 4.82. The van der Waals surface area contributed by atoms with Gasteiger partial charge >= 0.3 is 6.18 Å². The number of rotatable bonds is 7. The summed E-state index contributed by atoms with van der Waals surface area (Å²) in [5.41, 5.74) is -0.822. The van der Waals surface area contributed by atoms with Gasteiger partial charge in [0.15, 0.2) is 5.01 Å². The highest BCUT2D eigenvalue weighted by Crippen LogP contribution is 2.42. The van der Waals surface area contributed by atoms with Gasteiger partial charge in [-0.3, -0.25) is 9.59 Å². The maximum atomic E-state index is 14.1. The van der Waals surface area contributed by atoms with E-state index in [0.29, 0.717) is 0 Å². The van der Waals surface area contributed by atoms with Gasteiger partial charge in [0.25, 0.3) is 18.2 Å². The Morgan fingerprint density at radius 3 is 2.26 bits per heavy atom. The number of alkyl halides is 5. The van der Waals surface area contributed by atoms with Crippen molar-refractivity contribution in [3.63, 3.8) is 0 Å². The highest BCUT2D eigenvalue weighted by molar-refractivity contribution is 7.17. The van der Waals surface area contributed by atoms with Gasteiger partial charge in [0.05, 0.1) is 4.88 Å². The molecule has 7 nitrogen and oxygen atoms in total. The number of halogens is 5. The molecule has 0 atom stereocenters. The average Bonchev–Trinajstić information content (AvgIpc) is 3.60. The second-order valence-electron chi connectivity index (χ2n) is 9.40. The summed E-state index contributed by atoms with van der Waals surface area (Å²) in [6, 6.07) is 0.945. The number of amides is 2. The van der Waals surface area contributed by atoms with Crippen molar-refractivity contribution in [1.82, 2.24) is 20.2 Å². The van der Waals surface area contributed by atoms with E-state index >= 15 is 0 Å². The fourth-order valence-electron chi connectivity index (χ4n) is 5.04. The van der Waals surface area contributed by atoms with Crippen LogP contribution in [0, 0.1) is 0 Å². The Hall–Kier alpha value is -2.83. The first-order chi connectivity index (χ1) is 18.1. The lowest BCUT2D eigenvalue weighted by atomic mass is 9.93. The van der Waals surface area contributed by atoms with E-state index in [-0.39, 0.29) is 45.1 Å². The van der Waals surface area contributed by atoms with Gasteiger partial charge in [-0.2, -0.15) is 13.2 Å². The van der Waals surface area contributed by atoms with Crippen LogP contribution in [0.25, 0.3) is 10.4 Å². The standard InChI is InChI=1S/C23H24F5N5O2S.C2H6/c24-19(25)14-8-16(30-10-23(26,27)28)29-9-15(14)18-17(22(35)33-12-4-5-13(33)7-6-12)32-21(36-18)20(34)31-11-2-1-3-11;1-2/h8-9,11-13,19H,1-7,10H2,(H,29,30)(H,31,34);1-2H3. The molecular formula is C25H30F5N5O2S. The number of aromatic nitrogens is 2. The van der Waals surface area contributed by atoms with Gasteiger partial charge < -0.3 is 15.5 Å². The topological polar surface area (TPSA) is 87.2 Å². The summed E-state index contributed by atoms with van der Waals surface area (Å²) < 4.78 is 65.8. The van der Waals surface area contributed by atoms with E-state index in [9.17, 15) is 31.5 Å². The van der Waals surface area contributed by atoms with Crippen LogP contribution in [-0.4, -0.2) is 57.5 Å². The summed E-state index contributed by atoms with van der Waals surface area (Å²) >= 11 is 0.818. The third-order valence-corrected chi connectivity index (χ3v) is 8.12. The molecule has 3 fully saturated rings. The lowest BCUT2D eigenvalue weighted by Gasteiger charge is -2.25. The van der Waals surface area contributed by atoms with E-state index in [2.05, 4.69) is 15.3 Å².